The van der Waals surface area contributed by atoms with Crippen LogP contribution in [0.1, 0.15) is 6.42 Å². The molecule has 0 atom stereocenters. The van der Waals surface area contributed by atoms with E-state index in [0.29, 0.717) is 40.9 Å². The Morgan fingerprint density at radius 2 is 1.96 bits per heavy atom. The highest BCUT2D eigenvalue weighted by molar-refractivity contribution is 5.93. The van der Waals surface area contributed by atoms with Crippen LogP contribution in [0.15, 0.2) is 47.7 Å². The van der Waals surface area contributed by atoms with Crippen molar-refractivity contribution in [3.8, 4) is 11.3 Å². The zero-order valence-electron chi connectivity index (χ0n) is 13.1. The van der Waals surface area contributed by atoms with Gasteiger partial charge in [-0.15, -0.1) is 0 Å². The number of aliphatic hydroxyl groups is 1. The minimum absolute atomic E-state index is 0.00431. The minimum Gasteiger partial charge on any atom is -0.396 e. The van der Waals surface area contributed by atoms with Crippen molar-refractivity contribution in [2.75, 3.05) is 6.61 Å². The molecule has 0 aliphatic rings. The summed E-state index contributed by atoms with van der Waals surface area (Å²) < 4.78 is 16.3. The second-order valence-corrected chi connectivity index (χ2v) is 5.59. The summed E-state index contributed by atoms with van der Waals surface area (Å²) in [6, 6.07) is 7.58. The lowest BCUT2D eigenvalue weighted by atomic mass is 10.1. The molecule has 0 spiro atoms. The lowest BCUT2D eigenvalue weighted by Gasteiger charge is -2.11. The molecule has 1 aromatic carbocycles. The Morgan fingerprint density at radius 3 is 2.72 bits per heavy atom. The molecule has 3 aromatic heterocycles. The average molecular weight is 339 g/mol. The standard InChI is InChI=1S/C17H14FN5O2/c18-12-4-2-11(3-5-12)15-14-13(21-17-19-10-20-23(15)17)6-8-22(16(14)25)7-1-9-24/h2-6,8,10,24H,1,7,9H2. The summed E-state index contributed by atoms with van der Waals surface area (Å²) in [5.74, 6) is -0.00311. The van der Waals surface area contributed by atoms with Crippen molar-refractivity contribution < 1.29 is 9.50 Å². The number of aryl methyl sites for hydroxylation is 1. The van der Waals surface area contributed by atoms with Crippen LogP contribution in [-0.2, 0) is 6.54 Å². The molecule has 0 aliphatic heterocycles. The summed E-state index contributed by atoms with van der Waals surface area (Å²) in [5.41, 5.74) is 1.41. The fraction of sp³-hybridized carbons (Fsp3) is 0.176. The molecule has 0 saturated heterocycles. The zero-order valence-corrected chi connectivity index (χ0v) is 13.1. The molecule has 4 aromatic rings. The van der Waals surface area contributed by atoms with E-state index < -0.39 is 0 Å². The summed E-state index contributed by atoms with van der Waals surface area (Å²) in [6.07, 6.45) is 3.48. The number of benzene rings is 1. The third kappa shape index (κ3) is 2.56. The Hall–Kier alpha value is -3.13. The van der Waals surface area contributed by atoms with Crippen molar-refractivity contribution >= 4 is 16.7 Å². The van der Waals surface area contributed by atoms with Crippen molar-refractivity contribution in [3.63, 3.8) is 0 Å². The van der Waals surface area contributed by atoms with Crippen molar-refractivity contribution in [2.24, 2.45) is 0 Å². The fourth-order valence-corrected chi connectivity index (χ4v) is 2.86. The molecule has 0 saturated carbocycles. The summed E-state index contributed by atoms with van der Waals surface area (Å²) in [5, 5.41) is 13.6. The normalized spacial score (nSPS) is 11.4. The molecule has 8 heteroatoms. The molecule has 0 fully saturated rings. The number of rotatable bonds is 4. The Kier molecular flexibility index (Phi) is 3.73. The maximum absolute atomic E-state index is 13.3. The molecule has 0 aliphatic carbocycles. The molecule has 4 rings (SSSR count). The number of pyridine rings is 1. The Morgan fingerprint density at radius 1 is 1.16 bits per heavy atom. The first-order valence-corrected chi connectivity index (χ1v) is 7.79. The Balaban J connectivity index is 2.09. The first-order valence-electron chi connectivity index (χ1n) is 7.79. The number of aromatic nitrogens is 5. The Bertz CT molecular complexity index is 1120. The lowest BCUT2D eigenvalue weighted by Crippen LogP contribution is -2.22. The van der Waals surface area contributed by atoms with Crippen LogP contribution in [0.2, 0.25) is 0 Å². The highest BCUT2D eigenvalue weighted by atomic mass is 19.1. The van der Waals surface area contributed by atoms with E-state index in [2.05, 4.69) is 15.1 Å². The number of hydrogen-bond donors (Lipinski definition) is 1. The van der Waals surface area contributed by atoms with Crippen LogP contribution in [0.5, 0.6) is 0 Å². The van der Waals surface area contributed by atoms with Crippen LogP contribution < -0.4 is 5.56 Å². The maximum Gasteiger partial charge on any atom is 0.262 e. The number of aliphatic hydroxyl groups excluding tert-OH is 1. The van der Waals surface area contributed by atoms with Crippen LogP contribution >= 0.6 is 0 Å². The van der Waals surface area contributed by atoms with E-state index in [1.54, 1.807) is 24.4 Å². The zero-order chi connectivity index (χ0) is 17.4. The van der Waals surface area contributed by atoms with Crippen LogP contribution in [0.25, 0.3) is 27.9 Å². The van der Waals surface area contributed by atoms with Gasteiger partial charge in [-0.3, -0.25) is 4.79 Å². The molecule has 0 amide bonds. The third-order valence-corrected chi connectivity index (χ3v) is 4.02. The van der Waals surface area contributed by atoms with E-state index in [4.69, 9.17) is 5.11 Å². The van der Waals surface area contributed by atoms with Gasteiger partial charge in [-0.2, -0.15) is 14.6 Å². The maximum atomic E-state index is 13.3. The molecule has 7 nitrogen and oxygen atoms in total. The second-order valence-electron chi connectivity index (χ2n) is 5.59. The van der Waals surface area contributed by atoms with Gasteiger partial charge < -0.3 is 9.67 Å². The highest BCUT2D eigenvalue weighted by Crippen LogP contribution is 2.26. The van der Waals surface area contributed by atoms with Gasteiger partial charge in [-0.05, 0) is 36.8 Å². The van der Waals surface area contributed by atoms with Crippen LogP contribution in [0.4, 0.5) is 4.39 Å². The van der Waals surface area contributed by atoms with Gasteiger partial charge in [0, 0.05) is 24.9 Å². The first kappa shape index (κ1) is 15.4. The predicted octanol–water partition coefficient (Wildman–Crippen LogP) is 1.63. The third-order valence-electron chi connectivity index (χ3n) is 4.02. The van der Waals surface area contributed by atoms with E-state index in [-0.39, 0.29) is 18.0 Å². The van der Waals surface area contributed by atoms with Crippen LogP contribution in [0.3, 0.4) is 0 Å². The Labute approximate surface area is 141 Å². The number of halogens is 1. The molecular weight excluding hydrogens is 325 g/mol. The van der Waals surface area contributed by atoms with E-state index in [0.717, 1.165) is 0 Å². The van der Waals surface area contributed by atoms with Gasteiger partial charge in [0.15, 0.2) is 0 Å². The molecular formula is C17H14FN5O2. The quantitative estimate of drug-likeness (QED) is 0.611. The monoisotopic (exact) mass is 339 g/mol. The SMILES string of the molecule is O=c1c2c(-c3ccc(F)cc3)n3ncnc3nc2ccn1CCCO. The lowest BCUT2D eigenvalue weighted by molar-refractivity contribution is 0.279. The summed E-state index contributed by atoms with van der Waals surface area (Å²) in [6.45, 7) is 0.388. The van der Waals surface area contributed by atoms with Crippen molar-refractivity contribution in [3.05, 3.63) is 59.0 Å². The second kappa shape index (κ2) is 6.06. The van der Waals surface area contributed by atoms with Gasteiger partial charge in [0.05, 0.1) is 16.6 Å². The molecule has 0 radical (unpaired) electrons. The molecule has 0 bridgehead atoms. The van der Waals surface area contributed by atoms with E-state index in [1.165, 1.54) is 27.5 Å². The topological polar surface area (TPSA) is 85.3 Å². The van der Waals surface area contributed by atoms with Gasteiger partial charge in [-0.25, -0.2) is 9.37 Å². The number of nitrogens with zero attached hydrogens (tertiary/aromatic N) is 5. The first-order chi connectivity index (χ1) is 12.2. The summed E-state index contributed by atoms with van der Waals surface area (Å²) in [4.78, 5) is 21.4. The van der Waals surface area contributed by atoms with E-state index >= 15 is 0 Å². The van der Waals surface area contributed by atoms with Crippen LogP contribution in [-0.4, -0.2) is 35.9 Å². The largest absolute Gasteiger partial charge is 0.396 e. The molecule has 25 heavy (non-hydrogen) atoms. The van der Waals surface area contributed by atoms with Gasteiger partial charge in [0.2, 0.25) is 0 Å². The van der Waals surface area contributed by atoms with E-state index in [9.17, 15) is 9.18 Å². The minimum atomic E-state index is -0.364. The van der Waals surface area contributed by atoms with Crippen molar-refractivity contribution in [1.29, 1.82) is 0 Å². The molecule has 3 heterocycles. The summed E-state index contributed by atoms with van der Waals surface area (Å²) in [7, 11) is 0. The van der Waals surface area contributed by atoms with Gasteiger partial charge in [0.25, 0.3) is 11.3 Å². The molecule has 126 valence electrons. The molecule has 1 N–H and O–H groups in total. The van der Waals surface area contributed by atoms with Crippen molar-refractivity contribution in [2.45, 2.75) is 13.0 Å². The number of fused-ring (bicyclic) bond motifs is 2. The number of hydrogen-bond acceptors (Lipinski definition) is 5. The predicted molar refractivity (Wildman–Crippen MR) is 89.6 cm³/mol. The highest BCUT2D eigenvalue weighted by Gasteiger charge is 2.17. The summed E-state index contributed by atoms with van der Waals surface area (Å²) >= 11 is 0. The van der Waals surface area contributed by atoms with Crippen LogP contribution in [0, 0.1) is 5.82 Å². The fourth-order valence-electron chi connectivity index (χ4n) is 2.86. The van der Waals surface area contributed by atoms with E-state index in [1.807, 2.05) is 0 Å². The van der Waals surface area contributed by atoms with Gasteiger partial charge >= 0.3 is 0 Å². The van der Waals surface area contributed by atoms with Crippen molar-refractivity contribution in [1.82, 2.24) is 24.1 Å². The molecule has 0 unspecified atom stereocenters. The average Bonchev–Trinajstić information content (AvgIpc) is 3.08. The van der Waals surface area contributed by atoms with Gasteiger partial charge in [-0.1, -0.05) is 0 Å². The van der Waals surface area contributed by atoms with Gasteiger partial charge in [0.1, 0.15) is 12.1 Å². The smallest absolute Gasteiger partial charge is 0.262 e.